The number of benzene rings is 1. The van der Waals surface area contributed by atoms with Crippen LogP contribution in [0.2, 0.25) is 0 Å². The van der Waals surface area contributed by atoms with Gasteiger partial charge < -0.3 is 15.3 Å². The van der Waals surface area contributed by atoms with Crippen LogP contribution in [-0.4, -0.2) is 34.4 Å². The smallest absolute Gasteiger partial charge is 0.348 e. The number of nitrogens with one attached hydrogen (secondary N) is 1. The summed E-state index contributed by atoms with van der Waals surface area (Å²) in [5, 5.41) is 14.5. The highest BCUT2D eigenvalue weighted by molar-refractivity contribution is 7.18. The molecule has 9 heteroatoms. The van der Waals surface area contributed by atoms with Crippen LogP contribution in [0, 0.1) is 17.8 Å². The Hall–Kier alpha value is -3.04. The molecule has 0 saturated heterocycles. The molecule has 2 aromatic heterocycles. The zero-order valence-electron chi connectivity index (χ0n) is 20.1. The molecule has 0 spiro atoms. The molecule has 1 aromatic carbocycles. The van der Waals surface area contributed by atoms with Gasteiger partial charge in [-0.2, -0.15) is 0 Å². The SMILES string of the molecule is CC1CCC(C(=O)N(CC2CC2)c2cc(-c3ccc(NC(=O)c4cscn4)cc3)sc2C(=O)O)CC1. The molecule has 36 heavy (non-hydrogen) atoms. The maximum absolute atomic E-state index is 13.6. The first-order chi connectivity index (χ1) is 17.4. The van der Waals surface area contributed by atoms with Gasteiger partial charge in [-0.1, -0.05) is 19.1 Å². The van der Waals surface area contributed by atoms with E-state index in [0.717, 1.165) is 49.0 Å². The second kappa shape index (κ2) is 10.5. The minimum absolute atomic E-state index is 0.0365. The van der Waals surface area contributed by atoms with Crippen molar-refractivity contribution in [3.63, 3.8) is 0 Å². The molecule has 7 nitrogen and oxygen atoms in total. The number of aromatic carboxylic acids is 1. The Bertz CT molecular complexity index is 1240. The van der Waals surface area contributed by atoms with E-state index < -0.39 is 5.97 Å². The van der Waals surface area contributed by atoms with Crippen molar-refractivity contribution in [1.29, 1.82) is 0 Å². The summed E-state index contributed by atoms with van der Waals surface area (Å²) >= 11 is 2.55. The molecule has 2 saturated carbocycles. The minimum atomic E-state index is -1.01. The van der Waals surface area contributed by atoms with Crippen molar-refractivity contribution in [3.05, 3.63) is 51.8 Å². The lowest BCUT2D eigenvalue weighted by Crippen LogP contribution is -2.39. The Morgan fingerprint density at radius 3 is 2.42 bits per heavy atom. The molecule has 0 bridgehead atoms. The van der Waals surface area contributed by atoms with Crippen LogP contribution in [0.4, 0.5) is 11.4 Å². The highest BCUT2D eigenvalue weighted by Crippen LogP contribution is 2.41. The third kappa shape index (κ3) is 5.52. The van der Waals surface area contributed by atoms with Crippen LogP contribution < -0.4 is 10.2 Å². The molecule has 0 radical (unpaired) electrons. The molecular weight excluding hydrogens is 494 g/mol. The fourth-order valence-electron chi connectivity index (χ4n) is 4.71. The Balaban J connectivity index is 1.39. The number of carboxylic acid groups (broad SMARTS) is 1. The molecule has 2 fully saturated rings. The Morgan fingerprint density at radius 2 is 1.81 bits per heavy atom. The van der Waals surface area contributed by atoms with E-state index in [1.54, 1.807) is 27.9 Å². The first-order valence-corrected chi connectivity index (χ1v) is 14.1. The fraction of sp³-hybridized carbons (Fsp3) is 0.407. The summed E-state index contributed by atoms with van der Waals surface area (Å²) in [5.41, 5.74) is 3.96. The standard InChI is InChI=1S/C27H29N3O4S2/c1-16-2-6-19(7-3-16)26(32)30(13-17-4-5-17)22-12-23(36-24(22)27(33)34)18-8-10-20(11-9-18)29-25(31)21-14-35-15-28-21/h8-12,14-17,19H,2-7,13H2,1H3,(H,29,31)(H,33,34). The van der Waals surface area contributed by atoms with Crippen LogP contribution >= 0.6 is 22.7 Å². The van der Waals surface area contributed by atoms with E-state index in [1.165, 1.54) is 22.7 Å². The van der Waals surface area contributed by atoms with Crippen LogP contribution in [0.25, 0.3) is 10.4 Å². The number of amides is 2. The van der Waals surface area contributed by atoms with Crippen LogP contribution in [0.15, 0.2) is 41.2 Å². The summed E-state index contributed by atoms with van der Waals surface area (Å²) < 4.78 is 0. The molecule has 3 aromatic rings. The number of carboxylic acids is 1. The number of rotatable bonds is 8. The monoisotopic (exact) mass is 523 g/mol. The van der Waals surface area contributed by atoms with Gasteiger partial charge in [-0.25, -0.2) is 9.78 Å². The lowest BCUT2D eigenvalue weighted by molar-refractivity contribution is -0.123. The lowest BCUT2D eigenvalue weighted by Gasteiger charge is -2.31. The van der Waals surface area contributed by atoms with Crippen LogP contribution in [0.3, 0.4) is 0 Å². The molecule has 2 heterocycles. The van der Waals surface area contributed by atoms with Gasteiger partial charge in [0, 0.05) is 28.4 Å². The number of hydrogen-bond acceptors (Lipinski definition) is 6. The van der Waals surface area contributed by atoms with Crippen molar-refractivity contribution in [2.24, 2.45) is 17.8 Å². The van der Waals surface area contributed by atoms with Crippen LogP contribution in [-0.2, 0) is 4.79 Å². The first kappa shape index (κ1) is 24.6. The largest absolute Gasteiger partial charge is 0.477 e. The Kier molecular flexibility index (Phi) is 7.20. The number of thiophene rings is 1. The van der Waals surface area contributed by atoms with E-state index in [1.807, 2.05) is 18.2 Å². The summed E-state index contributed by atoms with van der Waals surface area (Å²) in [5.74, 6) is -0.169. The van der Waals surface area contributed by atoms with Crippen molar-refractivity contribution >= 4 is 51.8 Å². The van der Waals surface area contributed by atoms with E-state index in [-0.39, 0.29) is 22.6 Å². The number of carbonyl (C=O) groups is 3. The second-order valence-corrected chi connectivity index (χ2v) is 11.7. The second-order valence-electron chi connectivity index (χ2n) is 9.88. The van der Waals surface area contributed by atoms with Gasteiger partial charge in [-0.15, -0.1) is 22.7 Å². The third-order valence-electron chi connectivity index (χ3n) is 7.06. The quantitative estimate of drug-likeness (QED) is 0.356. The normalized spacial score (nSPS) is 19.6. The molecule has 2 amide bonds. The molecule has 5 rings (SSSR count). The average molecular weight is 524 g/mol. The van der Waals surface area contributed by atoms with Gasteiger partial charge in [0.2, 0.25) is 5.91 Å². The van der Waals surface area contributed by atoms with Crippen molar-refractivity contribution < 1.29 is 19.5 Å². The summed E-state index contributed by atoms with van der Waals surface area (Å²) in [6.07, 6.45) is 5.99. The zero-order valence-corrected chi connectivity index (χ0v) is 21.7. The minimum Gasteiger partial charge on any atom is -0.477 e. The summed E-state index contributed by atoms with van der Waals surface area (Å²) in [6, 6.07) is 9.13. The van der Waals surface area contributed by atoms with Gasteiger partial charge in [-0.3, -0.25) is 9.59 Å². The highest BCUT2D eigenvalue weighted by Gasteiger charge is 2.35. The van der Waals surface area contributed by atoms with Crippen molar-refractivity contribution in [2.45, 2.75) is 45.4 Å². The fourth-order valence-corrected chi connectivity index (χ4v) is 6.25. The lowest BCUT2D eigenvalue weighted by atomic mass is 9.82. The van der Waals surface area contributed by atoms with E-state index >= 15 is 0 Å². The number of aromatic nitrogens is 1. The van der Waals surface area contributed by atoms with Crippen LogP contribution in [0.5, 0.6) is 0 Å². The molecular formula is C27H29N3O4S2. The topological polar surface area (TPSA) is 99.6 Å². The zero-order chi connectivity index (χ0) is 25.2. The molecule has 2 N–H and O–H groups in total. The predicted octanol–water partition coefficient (Wildman–Crippen LogP) is 6.39. The number of nitrogens with zero attached hydrogens (tertiary/aromatic N) is 2. The Labute approximate surface area is 218 Å². The Morgan fingerprint density at radius 1 is 1.08 bits per heavy atom. The summed E-state index contributed by atoms with van der Waals surface area (Å²) in [4.78, 5) is 44.9. The van der Waals surface area contributed by atoms with Gasteiger partial charge in [-0.05, 0) is 74.1 Å². The third-order valence-corrected chi connectivity index (χ3v) is 8.81. The van der Waals surface area contributed by atoms with Gasteiger partial charge in [0.25, 0.3) is 5.91 Å². The average Bonchev–Trinajstić information content (AvgIpc) is 3.32. The summed E-state index contributed by atoms with van der Waals surface area (Å²) in [6.45, 7) is 2.81. The number of anilines is 2. The molecule has 0 unspecified atom stereocenters. The van der Waals surface area contributed by atoms with E-state index in [4.69, 9.17) is 0 Å². The van der Waals surface area contributed by atoms with E-state index in [0.29, 0.717) is 35.4 Å². The maximum Gasteiger partial charge on any atom is 0.348 e. The molecule has 2 aliphatic carbocycles. The van der Waals surface area contributed by atoms with Crippen LogP contribution in [0.1, 0.15) is 65.6 Å². The molecule has 0 atom stereocenters. The van der Waals surface area contributed by atoms with E-state index in [9.17, 15) is 19.5 Å². The van der Waals surface area contributed by atoms with E-state index in [2.05, 4.69) is 17.2 Å². The van der Waals surface area contributed by atoms with Gasteiger partial charge >= 0.3 is 5.97 Å². The van der Waals surface area contributed by atoms with Crippen molar-refractivity contribution in [3.8, 4) is 10.4 Å². The highest BCUT2D eigenvalue weighted by atomic mass is 32.1. The maximum atomic E-state index is 13.6. The summed E-state index contributed by atoms with van der Waals surface area (Å²) in [7, 11) is 0. The van der Waals surface area contributed by atoms with Crippen molar-refractivity contribution in [1.82, 2.24) is 4.98 Å². The first-order valence-electron chi connectivity index (χ1n) is 12.4. The van der Waals surface area contributed by atoms with Crippen molar-refractivity contribution in [2.75, 3.05) is 16.8 Å². The van der Waals surface area contributed by atoms with Gasteiger partial charge in [0.1, 0.15) is 10.6 Å². The molecule has 0 aliphatic heterocycles. The molecule has 2 aliphatic rings. The van der Waals surface area contributed by atoms with Gasteiger partial charge in [0.15, 0.2) is 0 Å². The predicted molar refractivity (Wildman–Crippen MR) is 143 cm³/mol. The number of thiazole rings is 1. The molecule has 188 valence electrons. The number of carbonyl (C=O) groups excluding carboxylic acids is 2. The van der Waals surface area contributed by atoms with Gasteiger partial charge in [0.05, 0.1) is 11.2 Å². The number of hydrogen-bond donors (Lipinski definition) is 2.